The van der Waals surface area contributed by atoms with Crippen LogP contribution in [0.15, 0.2) is 24.3 Å². The van der Waals surface area contributed by atoms with E-state index in [4.69, 9.17) is 4.74 Å². The lowest BCUT2D eigenvalue weighted by atomic mass is 10.0. The topological polar surface area (TPSA) is 73.9 Å². The van der Waals surface area contributed by atoms with Crippen LogP contribution in [0.3, 0.4) is 0 Å². The zero-order valence-electron chi connectivity index (χ0n) is 15.2. The molecular formula is C19H28N4O3. The minimum absolute atomic E-state index is 0.220. The van der Waals surface area contributed by atoms with Crippen LogP contribution >= 0.6 is 0 Å². The molecule has 1 aromatic rings. The van der Waals surface area contributed by atoms with Gasteiger partial charge in [-0.1, -0.05) is 0 Å². The molecule has 26 heavy (non-hydrogen) atoms. The molecule has 2 fully saturated rings. The predicted octanol–water partition coefficient (Wildman–Crippen LogP) is 0.920. The van der Waals surface area contributed by atoms with Gasteiger partial charge < -0.3 is 20.3 Å². The fourth-order valence-corrected chi connectivity index (χ4v) is 3.64. The summed E-state index contributed by atoms with van der Waals surface area (Å²) in [6.45, 7) is 7.21. The number of nitrogens with zero attached hydrogens (tertiary/aromatic N) is 2. The number of ether oxygens (including phenoxy) is 1. The van der Waals surface area contributed by atoms with Crippen molar-refractivity contribution in [2.45, 2.75) is 25.3 Å². The van der Waals surface area contributed by atoms with E-state index in [-0.39, 0.29) is 5.97 Å². The van der Waals surface area contributed by atoms with Crippen molar-refractivity contribution in [1.29, 1.82) is 0 Å². The highest BCUT2D eigenvalue weighted by Gasteiger charge is 2.25. The number of hydrogen-bond acceptors (Lipinski definition) is 6. The molecule has 2 saturated heterocycles. The number of nitrogens with one attached hydrogen (secondary N) is 2. The predicted molar refractivity (Wildman–Crippen MR) is 100 cm³/mol. The number of carbonyl (C=O) groups excluding carboxylic acids is 2. The van der Waals surface area contributed by atoms with Crippen molar-refractivity contribution in [3.63, 3.8) is 0 Å². The van der Waals surface area contributed by atoms with Gasteiger partial charge in [-0.05, 0) is 50.2 Å². The Morgan fingerprint density at radius 3 is 2.50 bits per heavy atom. The third-order valence-electron chi connectivity index (χ3n) is 5.18. The maximum absolute atomic E-state index is 12.0. The van der Waals surface area contributed by atoms with Gasteiger partial charge in [0.15, 0.2) is 0 Å². The molecule has 0 aliphatic carbocycles. The number of piperidine rings is 1. The second kappa shape index (κ2) is 9.66. The maximum atomic E-state index is 12.0. The first-order valence-corrected chi connectivity index (χ1v) is 9.42. The number of carbonyl (C=O) groups is 2. The smallest absolute Gasteiger partial charge is 0.312 e. The third-order valence-corrected chi connectivity index (χ3v) is 5.18. The molecule has 0 atom stereocenters. The second-order valence-corrected chi connectivity index (χ2v) is 6.87. The molecule has 2 N–H and O–H groups in total. The van der Waals surface area contributed by atoms with E-state index >= 15 is 0 Å². The van der Waals surface area contributed by atoms with Crippen LogP contribution in [0.4, 0.5) is 5.69 Å². The first kappa shape index (κ1) is 18.8. The number of piperazine rings is 1. The monoisotopic (exact) mass is 360 g/mol. The minimum atomic E-state index is -0.220. The van der Waals surface area contributed by atoms with Crippen LogP contribution in [0.5, 0.6) is 5.75 Å². The lowest BCUT2D eigenvalue weighted by Crippen LogP contribution is -2.52. The molecule has 7 heteroatoms. The van der Waals surface area contributed by atoms with E-state index in [1.165, 1.54) is 12.8 Å². The zero-order chi connectivity index (χ0) is 18.2. The summed E-state index contributed by atoms with van der Waals surface area (Å²) in [6.07, 6.45) is 3.49. The highest BCUT2D eigenvalue weighted by Crippen LogP contribution is 2.17. The lowest BCUT2D eigenvalue weighted by molar-refractivity contribution is -0.134. The van der Waals surface area contributed by atoms with Crippen LogP contribution in [0, 0.1) is 0 Å². The molecule has 3 rings (SSSR count). The van der Waals surface area contributed by atoms with E-state index in [1.54, 1.807) is 24.3 Å². The standard InChI is InChI=1S/C19H28N4O3/c24-15-21-16-1-3-18(4-2-16)26-19(25)7-10-22-11-13-23(14-12-22)17-5-8-20-9-6-17/h1-4,15,17,20H,5-14H2,(H,21,24). The molecule has 7 nitrogen and oxygen atoms in total. The largest absolute Gasteiger partial charge is 0.426 e. The Kier molecular flexibility index (Phi) is 6.99. The van der Waals surface area contributed by atoms with Gasteiger partial charge in [0.25, 0.3) is 0 Å². The number of esters is 1. The lowest BCUT2D eigenvalue weighted by Gasteiger charge is -2.40. The van der Waals surface area contributed by atoms with Crippen LogP contribution in [0.2, 0.25) is 0 Å². The van der Waals surface area contributed by atoms with Crippen LogP contribution in [0.25, 0.3) is 0 Å². The van der Waals surface area contributed by atoms with Crippen LogP contribution < -0.4 is 15.4 Å². The Balaban J connectivity index is 1.35. The first-order chi connectivity index (χ1) is 12.7. The molecule has 0 saturated carbocycles. The van der Waals surface area contributed by atoms with Gasteiger partial charge in [0.2, 0.25) is 6.41 Å². The van der Waals surface area contributed by atoms with Crippen molar-refractivity contribution in [1.82, 2.24) is 15.1 Å². The average Bonchev–Trinajstić information content (AvgIpc) is 2.69. The summed E-state index contributed by atoms with van der Waals surface area (Å²) in [4.78, 5) is 27.4. The Morgan fingerprint density at radius 1 is 1.15 bits per heavy atom. The molecule has 0 radical (unpaired) electrons. The fourth-order valence-electron chi connectivity index (χ4n) is 3.64. The van der Waals surface area contributed by atoms with Gasteiger partial charge in [0.1, 0.15) is 5.75 Å². The van der Waals surface area contributed by atoms with Crippen LogP contribution in [0.1, 0.15) is 19.3 Å². The summed E-state index contributed by atoms with van der Waals surface area (Å²) in [5.74, 6) is 0.282. The van der Waals surface area contributed by atoms with Crippen molar-refractivity contribution in [2.24, 2.45) is 0 Å². The third kappa shape index (κ3) is 5.52. The average molecular weight is 360 g/mol. The fraction of sp³-hybridized carbons (Fsp3) is 0.579. The molecule has 2 heterocycles. The highest BCUT2D eigenvalue weighted by atomic mass is 16.5. The molecule has 2 aliphatic rings. The summed E-state index contributed by atoms with van der Waals surface area (Å²) in [6, 6.07) is 7.50. The summed E-state index contributed by atoms with van der Waals surface area (Å²) >= 11 is 0. The SMILES string of the molecule is O=CNc1ccc(OC(=O)CCN2CCN(C3CCNCC3)CC2)cc1. The first-order valence-electron chi connectivity index (χ1n) is 9.42. The van der Waals surface area contributed by atoms with E-state index in [2.05, 4.69) is 20.4 Å². The molecule has 1 aromatic carbocycles. The Bertz CT molecular complexity index is 579. The van der Waals surface area contributed by atoms with Gasteiger partial charge in [-0.2, -0.15) is 0 Å². The van der Waals surface area contributed by atoms with Crippen LogP contribution in [-0.2, 0) is 9.59 Å². The van der Waals surface area contributed by atoms with Gasteiger partial charge in [-0.15, -0.1) is 0 Å². The number of rotatable bonds is 7. The summed E-state index contributed by atoms with van der Waals surface area (Å²) < 4.78 is 5.36. The quantitative estimate of drug-likeness (QED) is 0.428. The summed E-state index contributed by atoms with van der Waals surface area (Å²) in [7, 11) is 0. The normalized spacial score (nSPS) is 19.8. The van der Waals surface area contributed by atoms with E-state index in [0.717, 1.165) is 51.9 Å². The van der Waals surface area contributed by atoms with E-state index in [9.17, 15) is 9.59 Å². The van der Waals surface area contributed by atoms with Crippen molar-refractivity contribution in [3.8, 4) is 5.75 Å². The van der Waals surface area contributed by atoms with Gasteiger partial charge in [0, 0.05) is 44.5 Å². The number of anilines is 1. The van der Waals surface area contributed by atoms with Gasteiger partial charge >= 0.3 is 5.97 Å². The molecule has 0 aromatic heterocycles. The van der Waals surface area contributed by atoms with E-state index in [1.807, 2.05) is 0 Å². The molecular weight excluding hydrogens is 332 g/mol. The Morgan fingerprint density at radius 2 is 1.85 bits per heavy atom. The molecule has 0 spiro atoms. The molecule has 1 amide bonds. The van der Waals surface area contributed by atoms with Crippen molar-refractivity contribution in [2.75, 3.05) is 51.1 Å². The van der Waals surface area contributed by atoms with Gasteiger partial charge in [-0.25, -0.2) is 0 Å². The van der Waals surface area contributed by atoms with E-state index in [0.29, 0.717) is 24.3 Å². The number of benzene rings is 1. The molecule has 0 unspecified atom stereocenters. The maximum Gasteiger partial charge on any atom is 0.312 e. The minimum Gasteiger partial charge on any atom is -0.426 e. The molecule has 0 bridgehead atoms. The highest BCUT2D eigenvalue weighted by molar-refractivity contribution is 5.74. The van der Waals surface area contributed by atoms with Gasteiger partial charge in [0.05, 0.1) is 6.42 Å². The Hall–Kier alpha value is -1.96. The zero-order valence-corrected chi connectivity index (χ0v) is 15.2. The number of hydrogen-bond donors (Lipinski definition) is 2. The molecule has 142 valence electrons. The second-order valence-electron chi connectivity index (χ2n) is 6.87. The van der Waals surface area contributed by atoms with Crippen LogP contribution in [-0.4, -0.2) is 74.0 Å². The summed E-state index contributed by atoms with van der Waals surface area (Å²) in [5, 5.41) is 5.97. The number of amides is 1. The summed E-state index contributed by atoms with van der Waals surface area (Å²) in [5.41, 5.74) is 0.673. The van der Waals surface area contributed by atoms with Crippen molar-refractivity contribution < 1.29 is 14.3 Å². The van der Waals surface area contributed by atoms with Gasteiger partial charge in [-0.3, -0.25) is 14.5 Å². The molecule has 2 aliphatic heterocycles. The van der Waals surface area contributed by atoms with E-state index < -0.39 is 0 Å². The van der Waals surface area contributed by atoms with Crippen molar-refractivity contribution >= 4 is 18.1 Å². The Labute approximate surface area is 154 Å². The van der Waals surface area contributed by atoms with Crippen molar-refractivity contribution in [3.05, 3.63) is 24.3 Å².